The summed E-state index contributed by atoms with van der Waals surface area (Å²) >= 11 is 0. The highest BCUT2D eigenvalue weighted by molar-refractivity contribution is 7.91. The van der Waals surface area contributed by atoms with Crippen molar-refractivity contribution < 1.29 is 13.3 Å². The Hall–Kier alpha value is -3.00. The Labute approximate surface area is 175 Å². The Balaban J connectivity index is 1.60. The van der Waals surface area contributed by atoms with Crippen molar-refractivity contribution in [2.24, 2.45) is 0 Å². The van der Waals surface area contributed by atoms with Gasteiger partial charge in [-0.25, -0.2) is 8.42 Å². The van der Waals surface area contributed by atoms with Crippen LogP contribution in [0.15, 0.2) is 54.9 Å². The topological polar surface area (TPSA) is 102 Å². The fourth-order valence-corrected chi connectivity index (χ4v) is 6.04. The maximum absolute atomic E-state index is 12.8. The third-order valence-corrected chi connectivity index (χ3v) is 7.85. The van der Waals surface area contributed by atoms with E-state index >= 15 is 0 Å². The molecular weight excluding hydrogens is 402 g/mol. The lowest BCUT2D eigenvalue weighted by Gasteiger charge is -2.21. The first kappa shape index (κ1) is 20.3. The van der Waals surface area contributed by atoms with Crippen LogP contribution >= 0.6 is 0 Å². The van der Waals surface area contributed by atoms with Crippen molar-refractivity contribution in [3.8, 4) is 0 Å². The van der Waals surface area contributed by atoms with Crippen LogP contribution in [-0.4, -0.2) is 23.6 Å². The summed E-state index contributed by atoms with van der Waals surface area (Å²) in [6.45, 7) is 0. The van der Waals surface area contributed by atoms with Gasteiger partial charge in [-0.1, -0.05) is 31.4 Å². The zero-order valence-corrected chi connectivity index (χ0v) is 17.3. The van der Waals surface area contributed by atoms with E-state index in [-0.39, 0.29) is 16.7 Å². The normalized spacial score (nSPS) is 15.2. The fraction of sp³-hybridized carbons (Fsp3) is 0.318. The van der Waals surface area contributed by atoms with E-state index in [0.29, 0.717) is 16.5 Å². The van der Waals surface area contributed by atoms with Crippen LogP contribution in [0.25, 0.3) is 10.8 Å². The van der Waals surface area contributed by atoms with Gasteiger partial charge < -0.3 is 5.32 Å². The molecule has 1 aliphatic carbocycles. The molecule has 8 heteroatoms. The molecule has 0 unspecified atom stereocenters. The molecule has 0 saturated heterocycles. The average molecular weight is 426 g/mol. The van der Waals surface area contributed by atoms with E-state index < -0.39 is 14.8 Å². The third kappa shape index (κ3) is 4.28. The van der Waals surface area contributed by atoms with Crippen molar-refractivity contribution in [1.82, 2.24) is 4.98 Å². The zero-order chi connectivity index (χ0) is 21.1. The van der Waals surface area contributed by atoms with E-state index in [4.69, 9.17) is 0 Å². The number of pyridine rings is 1. The Bertz CT molecular complexity index is 1190. The predicted molar refractivity (Wildman–Crippen MR) is 118 cm³/mol. The quantitative estimate of drug-likeness (QED) is 0.434. The first-order chi connectivity index (χ1) is 14.4. The van der Waals surface area contributed by atoms with Gasteiger partial charge in [0.25, 0.3) is 5.69 Å². The van der Waals surface area contributed by atoms with Crippen LogP contribution in [0.4, 0.5) is 17.1 Å². The molecule has 0 radical (unpaired) electrons. The number of nitro benzene ring substituents is 1. The first-order valence-corrected chi connectivity index (χ1v) is 11.7. The second-order valence-corrected chi connectivity index (χ2v) is 9.98. The van der Waals surface area contributed by atoms with Gasteiger partial charge in [0.2, 0.25) is 0 Å². The van der Waals surface area contributed by atoms with Crippen molar-refractivity contribution in [3.63, 3.8) is 0 Å². The molecule has 1 heterocycles. The number of rotatable bonds is 6. The number of sulfone groups is 1. The molecule has 4 rings (SSSR count). The Morgan fingerprint density at radius 2 is 1.87 bits per heavy atom. The molecule has 1 aliphatic rings. The summed E-state index contributed by atoms with van der Waals surface area (Å²) in [6.07, 6.45) is 7.65. The van der Waals surface area contributed by atoms with Crippen LogP contribution in [0.1, 0.15) is 37.7 Å². The molecule has 0 aliphatic heterocycles. The highest BCUT2D eigenvalue weighted by Gasteiger charge is 2.27. The van der Waals surface area contributed by atoms with Gasteiger partial charge in [-0.2, -0.15) is 0 Å². The van der Waals surface area contributed by atoms with Crippen LogP contribution in [0.5, 0.6) is 0 Å². The molecular formula is C22H23N3O4S. The van der Waals surface area contributed by atoms with Gasteiger partial charge in [-0.3, -0.25) is 15.1 Å². The molecule has 0 spiro atoms. The summed E-state index contributed by atoms with van der Waals surface area (Å²) < 4.78 is 25.6. The Morgan fingerprint density at radius 3 is 2.63 bits per heavy atom. The van der Waals surface area contributed by atoms with Gasteiger partial charge in [0.1, 0.15) is 0 Å². The van der Waals surface area contributed by atoms with Crippen LogP contribution in [0.2, 0.25) is 0 Å². The second-order valence-electron chi connectivity index (χ2n) is 7.70. The highest BCUT2D eigenvalue weighted by atomic mass is 32.2. The van der Waals surface area contributed by atoms with Crippen LogP contribution < -0.4 is 5.32 Å². The molecule has 2 aromatic carbocycles. The van der Waals surface area contributed by atoms with Gasteiger partial charge in [-0.05, 0) is 42.7 Å². The van der Waals surface area contributed by atoms with Gasteiger partial charge in [0, 0.05) is 35.2 Å². The van der Waals surface area contributed by atoms with E-state index in [1.54, 1.807) is 18.3 Å². The second kappa shape index (κ2) is 8.39. The highest BCUT2D eigenvalue weighted by Crippen LogP contribution is 2.33. The number of anilines is 2. The number of hydrogen-bond acceptors (Lipinski definition) is 6. The number of benzene rings is 2. The SMILES string of the molecule is O=[N+]([O-])c1ccc(Nc2cccc(CS(=O)(=O)C3CCCCC3)c2)c2ccncc12. The monoisotopic (exact) mass is 425 g/mol. The van der Waals surface area contributed by atoms with Crippen molar-refractivity contribution in [2.45, 2.75) is 43.1 Å². The predicted octanol–water partition coefficient (Wildman–Crippen LogP) is 5.13. The van der Waals surface area contributed by atoms with Crippen molar-refractivity contribution in [2.75, 3.05) is 5.32 Å². The molecule has 7 nitrogen and oxygen atoms in total. The molecule has 0 amide bonds. The average Bonchev–Trinajstić information content (AvgIpc) is 2.74. The summed E-state index contributed by atoms with van der Waals surface area (Å²) in [4.78, 5) is 14.9. The van der Waals surface area contributed by atoms with Crippen molar-refractivity contribution >= 4 is 37.7 Å². The Kier molecular flexibility index (Phi) is 5.67. The number of nitrogens with one attached hydrogen (secondary N) is 1. The number of fused-ring (bicyclic) bond motifs is 1. The van der Waals surface area contributed by atoms with E-state index in [2.05, 4.69) is 10.3 Å². The molecule has 1 saturated carbocycles. The van der Waals surface area contributed by atoms with Gasteiger partial charge in [0.05, 0.1) is 21.3 Å². The fourth-order valence-electron chi connectivity index (χ4n) is 4.11. The van der Waals surface area contributed by atoms with E-state index in [1.807, 2.05) is 24.3 Å². The first-order valence-electron chi connectivity index (χ1n) is 10.0. The summed E-state index contributed by atoms with van der Waals surface area (Å²) in [6, 6.07) is 12.2. The van der Waals surface area contributed by atoms with Gasteiger partial charge >= 0.3 is 0 Å². The number of hydrogen-bond donors (Lipinski definition) is 1. The van der Waals surface area contributed by atoms with Crippen molar-refractivity contribution in [1.29, 1.82) is 0 Å². The number of nitrogens with zero attached hydrogens (tertiary/aromatic N) is 2. The number of non-ortho nitro benzene ring substituents is 1. The lowest BCUT2D eigenvalue weighted by molar-refractivity contribution is -0.383. The minimum Gasteiger partial charge on any atom is -0.355 e. The van der Waals surface area contributed by atoms with Crippen molar-refractivity contribution in [3.05, 3.63) is 70.5 Å². The molecule has 1 fully saturated rings. The number of nitro groups is 1. The van der Waals surface area contributed by atoms with Gasteiger partial charge in [-0.15, -0.1) is 0 Å². The molecule has 3 aromatic rings. The zero-order valence-electron chi connectivity index (χ0n) is 16.5. The van der Waals surface area contributed by atoms with E-state index in [1.165, 1.54) is 12.3 Å². The van der Waals surface area contributed by atoms with Crippen LogP contribution in [-0.2, 0) is 15.6 Å². The smallest absolute Gasteiger partial charge is 0.278 e. The van der Waals surface area contributed by atoms with Crippen LogP contribution in [0.3, 0.4) is 0 Å². The molecule has 1 aromatic heterocycles. The van der Waals surface area contributed by atoms with E-state index in [9.17, 15) is 18.5 Å². The summed E-state index contributed by atoms with van der Waals surface area (Å²) in [5, 5.41) is 15.5. The van der Waals surface area contributed by atoms with E-state index in [0.717, 1.165) is 43.4 Å². The largest absolute Gasteiger partial charge is 0.355 e. The summed E-state index contributed by atoms with van der Waals surface area (Å²) in [7, 11) is -3.19. The summed E-state index contributed by atoms with van der Waals surface area (Å²) in [5.41, 5.74) is 2.16. The minimum absolute atomic E-state index is 0.00373. The Morgan fingerprint density at radius 1 is 1.07 bits per heavy atom. The van der Waals surface area contributed by atoms with Gasteiger partial charge in [0.15, 0.2) is 9.84 Å². The standard InChI is InChI=1S/C22H23N3O4S/c26-25(27)22-10-9-21(19-11-12-23-14-20(19)22)24-17-6-4-5-16(13-17)15-30(28,29)18-7-2-1-3-8-18/h4-6,9-14,18,24H,1-3,7-8,15H2. The molecule has 0 bridgehead atoms. The maximum atomic E-state index is 12.8. The molecule has 156 valence electrons. The molecule has 30 heavy (non-hydrogen) atoms. The van der Waals surface area contributed by atoms with Crippen LogP contribution in [0, 0.1) is 10.1 Å². The lowest BCUT2D eigenvalue weighted by atomic mass is 10.0. The minimum atomic E-state index is -3.19. The maximum Gasteiger partial charge on any atom is 0.278 e. The molecule has 0 atom stereocenters. The number of aromatic nitrogens is 1. The summed E-state index contributed by atoms with van der Waals surface area (Å²) in [5.74, 6) is 0.0259. The molecule has 1 N–H and O–H groups in total. The lowest BCUT2D eigenvalue weighted by Crippen LogP contribution is -2.25. The third-order valence-electron chi connectivity index (χ3n) is 5.63.